The highest BCUT2D eigenvalue weighted by Crippen LogP contribution is 2.25. The van der Waals surface area contributed by atoms with Crippen LogP contribution in [0.25, 0.3) is 5.82 Å². The van der Waals surface area contributed by atoms with Crippen LogP contribution in [0, 0.1) is 17.2 Å². The third-order valence-electron chi connectivity index (χ3n) is 6.88. The van der Waals surface area contributed by atoms with Gasteiger partial charge in [0.2, 0.25) is 11.9 Å². The molecule has 9 nitrogen and oxygen atoms in total. The largest absolute Gasteiger partial charge is 0.381 e. The first-order valence-electron chi connectivity index (χ1n) is 13.3. The second-order valence-corrected chi connectivity index (χ2v) is 10.6. The van der Waals surface area contributed by atoms with Gasteiger partial charge < -0.3 is 25.3 Å². The Morgan fingerprint density at radius 2 is 1.85 bits per heavy atom. The van der Waals surface area contributed by atoms with Gasteiger partial charge in [0.25, 0.3) is 0 Å². The lowest BCUT2D eigenvalue weighted by Gasteiger charge is -2.30. The number of hydrogen-bond donors (Lipinski definition) is 3. The number of carbonyl (C=O) groups is 1. The third-order valence-corrected chi connectivity index (χ3v) is 7.47. The molecule has 0 radical (unpaired) electrons. The maximum Gasteiger partial charge on any atom is 0.243 e. The van der Waals surface area contributed by atoms with Crippen LogP contribution in [0.2, 0.25) is 10.0 Å². The van der Waals surface area contributed by atoms with Gasteiger partial charge in [-0.3, -0.25) is 4.79 Å². The highest BCUT2D eigenvalue weighted by molar-refractivity contribution is 6.35. The van der Waals surface area contributed by atoms with Gasteiger partial charge in [-0.2, -0.15) is 15.2 Å². The average Bonchev–Trinajstić information content (AvgIpc) is 3.54. The van der Waals surface area contributed by atoms with E-state index in [2.05, 4.69) is 27.0 Å². The van der Waals surface area contributed by atoms with Crippen LogP contribution in [0.3, 0.4) is 0 Å². The number of carbonyl (C=O) groups excluding carboxylic acids is 1. The normalized spacial score (nSPS) is 14.2. The minimum Gasteiger partial charge on any atom is -0.381 e. The van der Waals surface area contributed by atoms with E-state index in [0.29, 0.717) is 53.0 Å². The van der Waals surface area contributed by atoms with E-state index in [1.165, 1.54) is 0 Å². The van der Waals surface area contributed by atoms with Crippen molar-refractivity contribution >= 4 is 40.9 Å². The number of nitriles is 1. The SMILES string of the molecule is N#Cc1cccc(CNc2nc(N[C@@H](C(=O)NCc3ccc(Cl)cc3Cl)C3CCOCC3)cc(-n3cccc3)n2)c1. The third kappa shape index (κ3) is 7.55. The van der Waals surface area contributed by atoms with Crippen LogP contribution in [-0.2, 0) is 22.6 Å². The van der Waals surface area contributed by atoms with Crippen LogP contribution in [0.4, 0.5) is 11.8 Å². The number of nitrogens with zero attached hydrogens (tertiary/aromatic N) is 4. The predicted octanol–water partition coefficient (Wildman–Crippen LogP) is 5.58. The van der Waals surface area contributed by atoms with E-state index in [9.17, 15) is 10.1 Å². The van der Waals surface area contributed by atoms with Gasteiger partial charge >= 0.3 is 0 Å². The number of rotatable bonds is 10. The monoisotopic (exact) mass is 589 g/mol. The van der Waals surface area contributed by atoms with Crippen molar-refractivity contribution in [2.45, 2.75) is 32.0 Å². The second-order valence-electron chi connectivity index (χ2n) is 9.72. The van der Waals surface area contributed by atoms with Crippen molar-refractivity contribution in [1.82, 2.24) is 19.9 Å². The Kier molecular flexibility index (Phi) is 9.36. The Balaban J connectivity index is 1.38. The molecule has 1 saturated heterocycles. The summed E-state index contributed by atoms with van der Waals surface area (Å²) < 4.78 is 7.44. The zero-order valence-electron chi connectivity index (χ0n) is 22.2. The number of hydrogen-bond acceptors (Lipinski definition) is 7. The van der Waals surface area contributed by atoms with E-state index in [-0.39, 0.29) is 18.4 Å². The van der Waals surface area contributed by atoms with Crippen molar-refractivity contribution in [3.8, 4) is 11.9 Å². The number of halogens is 2. The van der Waals surface area contributed by atoms with Crippen molar-refractivity contribution in [3.63, 3.8) is 0 Å². The molecule has 1 atom stereocenters. The quantitative estimate of drug-likeness (QED) is 0.221. The van der Waals surface area contributed by atoms with E-state index in [4.69, 9.17) is 32.9 Å². The standard InChI is InChI=1S/C30H29Cl2N7O2/c31-24-7-6-23(25(32)15-24)19-34-29(40)28(22-8-12-41-13-9-22)36-26-16-27(39-10-1-2-11-39)38-30(37-26)35-18-21-5-3-4-20(14-21)17-33/h1-7,10-11,14-16,22,28H,8-9,12-13,18-19H2,(H,34,40)(H2,35,36,37,38)/t28-/m1/s1. The van der Waals surface area contributed by atoms with E-state index in [0.717, 1.165) is 24.0 Å². The maximum atomic E-state index is 13.6. The summed E-state index contributed by atoms with van der Waals surface area (Å²) in [5, 5.41) is 20.0. The van der Waals surface area contributed by atoms with E-state index in [1.54, 1.807) is 24.3 Å². The van der Waals surface area contributed by atoms with E-state index >= 15 is 0 Å². The molecule has 0 aliphatic carbocycles. The molecule has 0 unspecified atom stereocenters. The van der Waals surface area contributed by atoms with Gasteiger partial charge in [-0.25, -0.2) is 0 Å². The summed E-state index contributed by atoms with van der Waals surface area (Å²) in [5.41, 5.74) is 2.28. The Labute approximate surface area is 248 Å². The topological polar surface area (TPSA) is 117 Å². The molecule has 0 bridgehead atoms. The summed E-state index contributed by atoms with van der Waals surface area (Å²) >= 11 is 12.4. The molecule has 2 aromatic carbocycles. The van der Waals surface area contributed by atoms with Crippen molar-refractivity contribution in [3.05, 3.63) is 99.8 Å². The number of anilines is 2. The minimum absolute atomic E-state index is 0.0413. The molecule has 210 valence electrons. The van der Waals surface area contributed by atoms with Crippen molar-refractivity contribution in [2.75, 3.05) is 23.8 Å². The molecular formula is C30H29Cl2N7O2. The molecule has 0 saturated carbocycles. The highest BCUT2D eigenvalue weighted by Gasteiger charge is 2.30. The van der Waals surface area contributed by atoms with Crippen molar-refractivity contribution < 1.29 is 9.53 Å². The number of ether oxygens (including phenoxy) is 1. The molecule has 1 fully saturated rings. The zero-order chi connectivity index (χ0) is 28.6. The number of amides is 1. The van der Waals surface area contributed by atoms with Gasteiger partial charge in [-0.1, -0.05) is 41.4 Å². The highest BCUT2D eigenvalue weighted by atomic mass is 35.5. The molecule has 1 aliphatic rings. The van der Waals surface area contributed by atoms with Crippen LogP contribution in [0.1, 0.15) is 29.5 Å². The Bertz CT molecular complexity index is 1530. The summed E-state index contributed by atoms with van der Waals surface area (Å²) in [6.07, 6.45) is 5.26. The van der Waals surface area contributed by atoms with Gasteiger partial charge in [0.15, 0.2) is 0 Å². The van der Waals surface area contributed by atoms with Gasteiger partial charge in [0.1, 0.15) is 17.7 Å². The van der Waals surface area contributed by atoms with E-state index < -0.39 is 6.04 Å². The lowest BCUT2D eigenvalue weighted by atomic mass is 9.91. The molecule has 3 N–H and O–H groups in total. The lowest BCUT2D eigenvalue weighted by Crippen LogP contribution is -2.46. The first kappa shape index (κ1) is 28.4. The number of aromatic nitrogens is 3. The van der Waals surface area contributed by atoms with Crippen LogP contribution in [0.5, 0.6) is 0 Å². The maximum absolute atomic E-state index is 13.6. The molecule has 0 spiro atoms. The summed E-state index contributed by atoms with van der Waals surface area (Å²) in [6.45, 7) is 1.87. The first-order chi connectivity index (χ1) is 20.0. The molecule has 11 heteroatoms. The summed E-state index contributed by atoms with van der Waals surface area (Å²) in [7, 11) is 0. The number of nitrogens with one attached hydrogen (secondary N) is 3. The minimum atomic E-state index is -0.558. The average molecular weight is 591 g/mol. The van der Waals surface area contributed by atoms with Crippen LogP contribution >= 0.6 is 23.2 Å². The van der Waals surface area contributed by atoms with Crippen molar-refractivity contribution in [1.29, 1.82) is 5.26 Å². The first-order valence-corrected chi connectivity index (χ1v) is 14.1. The number of benzene rings is 2. The van der Waals surface area contributed by atoms with Crippen LogP contribution < -0.4 is 16.0 Å². The Morgan fingerprint density at radius 3 is 2.61 bits per heavy atom. The molecule has 2 aromatic heterocycles. The van der Waals surface area contributed by atoms with Crippen LogP contribution in [-0.4, -0.2) is 39.7 Å². The molecule has 3 heterocycles. The smallest absolute Gasteiger partial charge is 0.243 e. The predicted molar refractivity (Wildman–Crippen MR) is 159 cm³/mol. The fraction of sp³-hybridized carbons (Fsp3) is 0.267. The van der Waals surface area contributed by atoms with Gasteiger partial charge in [0, 0.05) is 54.8 Å². The molecule has 1 amide bonds. The van der Waals surface area contributed by atoms with Gasteiger partial charge in [0.05, 0.1) is 11.6 Å². The molecule has 1 aliphatic heterocycles. The summed E-state index contributed by atoms with van der Waals surface area (Å²) in [4.78, 5) is 23.0. The zero-order valence-corrected chi connectivity index (χ0v) is 23.7. The van der Waals surface area contributed by atoms with Crippen LogP contribution in [0.15, 0.2) is 73.1 Å². The Morgan fingerprint density at radius 1 is 1.05 bits per heavy atom. The molecular weight excluding hydrogens is 561 g/mol. The van der Waals surface area contributed by atoms with Gasteiger partial charge in [-0.05, 0) is 66.3 Å². The molecule has 4 aromatic rings. The fourth-order valence-electron chi connectivity index (χ4n) is 4.70. The second kappa shape index (κ2) is 13.5. The summed E-state index contributed by atoms with van der Waals surface area (Å²) in [5.74, 6) is 1.42. The lowest BCUT2D eigenvalue weighted by molar-refractivity contribution is -0.123. The molecule has 41 heavy (non-hydrogen) atoms. The Hall–Kier alpha value is -4.10. The van der Waals surface area contributed by atoms with Gasteiger partial charge in [-0.15, -0.1) is 0 Å². The fourth-order valence-corrected chi connectivity index (χ4v) is 5.18. The van der Waals surface area contributed by atoms with Crippen molar-refractivity contribution in [2.24, 2.45) is 5.92 Å². The summed E-state index contributed by atoms with van der Waals surface area (Å²) in [6, 6.07) is 19.8. The van der Waals surface area contributed by atoms with E-state index in [1.807, 2.05) is 53.4 Å². The molecule has 5 rings (SSSR count).